The van der Waals surface area contributed by atoms with E-state index in [0.29, 0.717) is 5.92 Å². The SMILES string of the molecule is CC1(C)OB(c2cnccc2C2CCNC2)OC1(C)C. The van der Waals surface area contributed by atoms with E-state index in [-0.39, 0.29) is 18.3 Å². The van der Waals surface area contributed by atoms with Crippen molar-refractivity contribution in [2.75, 3.05) is 13.1 Å². The third-order valence-corrected chi connectivity index (χ3v) is 4.89. The summed E-state index contributed by atoms with van der Waals surface area (Å²) in [6, 6.07) is 2.11. The smallest absolute Gasteiger partial charge is 0.399 e. The molecule has 2 aliphatic heterocycles. The maximum absolute atomic E-state index is 6.17. The van der Waals surface area contributed by atoms with Crippen molar-refractivity contribution in [1.29, 1.82) is 0 Å². The Hall–Kier alpha value is -0.905. The largest absolute Gasteiger partial charge is 0.496 e. The minimum Gasteiger partial charge on any atom is -0.399 e. The molecule has 3 heterocycles. The van der Waals surface area contributed by atoms with Gasteiger partial charge in [-0.05, 0) is 58.2 Å². The normalized spacial score (nSPS) is 28.0. The van der Waals surface area contributed by atoms with Gasteiger partial charge in [0.25, 0.3) is 0 Å². The molecule has 108 valence electrons. The van der Waals surface area contributed by atoms with Crippen LogP contribution in [0.3, 0.4) is 0 Å². The third-order valence-electron chi connectivity index (χ3n) is 4.89. The number of hydrogen-bond acceptors (Lipinski definition) is 4. The molecular formula is C15H23BN2O2. The van der Waals surface area contributed by atoms with E-state index in [9.17, 15) is 0 Å². The molecule has 1 unspecified atom stereocenters. The Morgan fingerprint density at radius 1 is 1.25 bits per heavy atom. The van der Waals surface area contributed by atoms with Crippen LogP contribution in [0.5, 0.6) is 0 Å². The lowest BCUT2D eigenvalue weighted by molar-refractivity contribution is 0.00578. The second kappa shape index (κ2) is 4.83. The lowest BCUT2D eigenvalue weighted by atomic mass is 9.74. The fourth-order valence-electron chi connectivity index (χ4n) is 2.88. The van der Waals surface area contributed by atoms with E-state index in [0.717, 1.165) is 25.0 Å². The van der Waals surface area contributed by atoms with E-state index in [4.69, 9.17) is 9.31 Å². The minimum atomic E-state index is -0.315. The summed E-state index contributed by atoms with van der Waals surface area (Å²) >= 11 is 0. The Labute approximate surface area is 121 Å². The Morgan fingerprint density at radius 2 is 1.95 bits per heavy atom. The van der Waals surface area contributed by atoms with Crippen LogP contribution in [0.15, 0.2) is 18.5 Å². The van der Waals surface area contributed by atoms with Crippen molar-refractivity contribution in [2.45, 2.75) is 51.2 Å². The van der Waals surface area contributed by atoms with Crippen LogP contribution in [-0.2, 0) is 9.31 Å². The first-order valence-corrected chi connectivity index (χ1v) is 7.41. The molecule has 2 aliphatic rings. The van der Waals surface area contributed by atoms with Crippen LogP contribution in [0.2, 0.25) is 0 Å². The van der Waals surface area contributed by atoms with Crippen molar-refractivity contribution in [3.8, 4) is 0 Å². The highest BCUT2D eigenvalue weighted by Crippen LogP contribution is 2.37. The summed E-state index contributed by atoms with van der Waals surface area (Å²) in [5.74, 6) is 0.534. The molecule has 1 aromatic heterocycles. The molecule has 1 aromatic rings. The van der Waals surface area contributed by atoms with Crippen LogP contribution in [0.4, 0.5) is 0 Å². The number of aromatic nitrogens is 1. The molecule has 3 rings (SSSR count). The van der Waals surface area contributed by atoms with E-state index in [1.54, 1.807) is 0 Å². The lowest BCUT2D eigenvalue weighted by Gasteiger charge is -2.32. The average molecular weight is 274 g/mol. The molecule has 2 fully saturated rings. The highest BCUT2D eigenvalue weighted by Gasteiger charge is 2.52. The summed E-state index contributed by atoms with van der Waals surface area (Å²) in [4.78, 5) is 4.28. The summed E-state index contributed by atoms with van der Waals surface area (Å²) < 4.78 is 12.3. The molecule has 0 aromatic carbocycles. The van der Waals surface area contributed by atoms with Gasteiger partial charge < -0.3 is 14.6 Å². The summed E-state index contributed by atoms with van der Waals surface area (Å²) in [6.45, 7) is 10.4. The van der Waals surface area contributed by atoms with Gasteiger partial charge >= 0.3 is 7.12 Å². The first kappa shape index (κ1) is 14.0. The zero-order valence-corrected chi connectivity index (χ0v) is 12.8. The standard InChI is InChI=1S/C15H23BN2O2/c1-14(2)15(3,4)20-16(19-14)13-10-18-8-6-12(13)11-5-7-17-9-11/h6,8,10-11,17H,5,7,9H2,1-4H3. The van der Waals surface area contributed by atoms with E-state index in [1.165, 1.54) is 5.56 Å². The van der Waals surface area contributed by atoms with Crippen molar-refractivity contribution in [1.82, 2.24) is 10.3 Å². The van der Waals surface area contributed by atoms with Crippen LogP contribution in [-0.4, -0.2) is 36.4 Å². The maximum Gasteiger partial charge on any atom is 0.496 e. The lowest BCUT2D eigenvalue weighted by Crippen LogP contribution is -2.41. The van der Waals surface area contributed by atoms with Crippen LogP contribution < -0.4 is 10.8 Å². The van der Waals surface area contributed by atoms with Gasteiger partial charge in [0.1, 0.15) is 0 Å². The number of pyridine rings is 1. The van der Waals surface area contributed by atoms with Crippen LogP contribution in [0, 0.1) is 0 Å². The van der Waals surface area contributed by atoms with E-state index < -0.39 is 0 Å². The van der Waals surface area contributed by atoms with Gasteiger partial charge in [-0.2, -0.15) is 0 Å². The maximum atomic E-state index is 6.17. The molecule has 0 radical (unpaired) electrons. The van der Waals surface area contributed by atoms with E-state index in [2.05, 4.69) is 44.1 Å². The van der Waals surface area contributed by atoms with Gasteiger partial charge in [0, 0.05) is 24.4 Å². The molecule has 2 saturated heterocycles. The Kier molecular flexibility index (Phi) is 3.39. The van der Waals surface area contributed by atoms with Crippen LogP contribution in [0.25, 0.3) is 0 Å². The molecular weight excluding hydrogens is 251 g/mol. The summed E-state index contributed by atoms with van der Waals surface area (Å²) in [5.41, 5.74) is 1.78. The zero-order valence-electron chi connectivity index (χ0n) is 12.8. The van der Waals surface area contributed by atoms with Gasteiger partial charge in [-0.15, -0.1) is 0 Å². The molecule has 0 spiro atoms. The molecule has 4 nitrogen and oxygen atoms in total. The van der Waals surface area contributed by atoms with Gasteiger partial charge in [-0.3, -0.25) is 4.98 Å². The molecule has 0 bridgehead atoms. The van der Waals surface area contributed by atoms with Gasteiger partial charge in [0.05, 0.1) is 11.2 Å². The average Bonchev–Trinajstić information content (AvgIpc) is 2.97. The number of nitrogens with zero attached hydrogens (tertiary/aromatic N) is 1. The topological polar surface area (TPSA) is 43.4 Å². The number of nitrogens with one attached hydrogen (secondary N) is 1. The molecule has 0 amide bonds. The van der Waals surface area contributed by atoms with Crippen LogP contribution in [0.1, 0.15) is 45.6 Å². The molecule has 1 N–H and O–H groups in total. The third kappa shape index (κ3) is 2.28. The predicted molar refractivity (Wildman–Crippen MR) is 80.2 cm³/mol. The van der Waals surface area contributed by atoms with Gasteiger partial charge in [0.2, 0.25) is 0 Å². The first-order valence-electron chi connectivity index (χ1n) is 7.41. The van der Waals surface area contributed by atoms with Gasteiger partial charge in [-0.1, -0.05) is 0 Å². The van der Waals surface area contributed by atoms with Crippen molar-refractivity contribution < 1.29 is 9.31 Å². The van der Waals surface area contributed by atoms with Crippen molar-refractivity contribution >= 4 is 12.6 Å². The van der Waals surface area contributed by atoms with Gasteiger partial charge in [-0.25, -0.2) is 0 Å². The Morgan fingerprint density at radius 3 is 2.55 bits per heavy atom. The molecule has 20 heavy (non-hydrogen) atoms. The molecule has 1 atom stereocenters. The van der Waals surface area contributed by atoms with Crippen molar-refractivity contribution in [3.63, 3.8) is 0 Å². The second-order valence-electron chi connectivity index (χ2n) is 6.78. The number of hydrogen-bond donors (Lipinski definition) is 1. The Bertz CT molecular complexity index is 482. The van der Waals surface area contributed by atoms with Crippen molar-refractivity contribution in [3.05, 3.63) is 24.0 Å². The predicted octanol–water partition coefficient (Wildman–Crippen LogP) is 1.46. The highest BCUT2D eigenvalue weighted by molar-refractivity contribution is 6.62. The fraction of sp³-hybridized carbons (Fsp3) is 0.667. The first-order chi connectivity index (χ1) is 9.41. The quantitative estimate of drug-likeness (QED) is 0.829. The monoisotopic (exact) mass is 274 g/mol. The fourth-order valence-corrected chi connectivity index (χ4v) is 2.88. The molecule has 0 saturated carbocycles. The van der Waals surface area contributed by atoms with E-state index in [1.807, 2.05) is 12.4 Å². The highest BCUT2D eigenvalue weighted by atomic mass is 16.7. The molecule has 0 aliphatic carbocycles. The number of rotatable bonds is 2. The minimum absolute atomic E-state index is 0.307. The second-order valence-corrected chi connectivity index (χ2v) is 6.78. The summed E-state index contributed by atoms with van der Waals surface area (Å²) in [7, 11) is -0.315. The van der Waals surface area contributed by atoms with E-state index >= 15 is 0 Å². The summed E-state index contributed by atoms with van der Waals surface area (Å²) in [5, 5.41) is 3.42. The molecule has 5 heteroatoms. The van der Waals surface area contributed by atoms with Gasteiger partial charge in [0.15, 0.2) is 0 Å². The summed E-state index contributed by atoms with van der Waals surface area (Å²) in [6.07, 6.45) is 4.93. The van der Waals surface area contributed by atoms with Crippen molar-refractivity contribution in [2.24, 2.45) is 0 Å². The zero-order chi connectivity index (χ0) is 14.4. The Balaban J connectivity index is 1.92. The van der Waals surface area contributed by atoms with Crippen LogP contribution >= 0.6 is 0 Å².